The summed E-state index contributed by atoms with van der Waals surface area (Å²) >= 11 is 0. The quantitative estimate of drug-likeness (QED) is 0.0890. The van der Waals surface area contributed by atoms with E-state index in [1.807, 2.05) is 153 Å². The first-order chi connectivity index (χ1) is 26.6. The summed E-state index contributed by atoms with van der Waals surface area (Å²) in [7, 11) is 1.65. The van der Waals surface area contributed by atoms with Gasteiger partial charge in [-0.05, 0) is 46.9 Å². The van der Waals surface area contributed by atoms with E-state index in [0.29, 0.717) is 26.4 Å². The molecular weight excluding hydrogens is 682 g/mol. The first kappa shape index (κ1) is 38.7. The van der Waals surface area contributed by atoms with Crippen LogP contribution >= 0.6 is 0 Å². The highest BCUT2D eigenvalue weighted by Crippen LogP contribution is 2.31. The molecule has 0 aromatic heterocycles. The smallest absolute Gasteiger partial charge is 0.410 e. The van der Waals surface area contributed by atoms with E-state index in [9.17, 15) is 4.79 Å². The summed E-state index contributed by atoms with van der Waals surface area (Å²) in [5.74, 6) is 0.769. The van der Waals surface area contributed by atoms with Gasteiger partial charge in [-0.15, -0.1) is 0 Å². The number of rotatable bonds is 18. The molecule has 0 bridgehead atoms. The van der Waals surface area contributed by atoms with Crippen LogP contribution < -0.4 is 4.74 Å². The number of carbonyl (C=O) groups excluding carboxylic acids is 1. The maximum atomic E-state index is 13.5. The monoisotopic (exact) mass is 731 g/mol. The first-order valence-electron chi connectivity index (χ1n) is 18.4. The van der Waals surface area contributed by atoms with E-state index >= 15 is 0 Å². The van der Waals surface area contributed by atoms with E-state index in [1.54, 1.807) is 12.0 Å². The Hall–Kier alpha value is -5.03. The Balaban J connectivity index is 1.20. The van der Waals surface area contributed by atoms with E-state index in [0.717, 1.165) is 33.6 Å². The highest BCUT2D eigenvalue weighted by atomic mass is 16.7. The second-order valence-corrected chi connectivity index (χ2v) is 13.2. The molecule has 0 aliphatic carbocycles. The minimum absolute atomic E-state index is 0.163. The van der Waals surface area contributed by atoms with Crippen molar-refractivity contribution in [1.82, 2.24) is 4.90 Å². The fourth-order valence-electron chi connectivity index (χ4n) is 6.28. The minimum Gasteiger partial charge on any atom is -0.497 e. The molecule has 5 atom stereocenters. The van der Waals surface area contributed by atoms with Gasteiger partial charge in [0.2, 0.25) is 0 Å². The Morgan fingerprint density at radius 2 is 1.02 bits per heavy atom. The van der Waals surface area contributed by atoms with Gasteiger partial charge in [-0.1, -0.05) is 133 Å². The summed E-state index contributed by atoms with van der Waals surface area (Å²) < 4.78 is 44.1. The summed E-state index contributed by atoms with van der Waals surface area (Å²) in [6.07, 6.45) is -3.38. The van der Waals surface area contributed by atoms with Gasteiger partial charge in [0.05, 0.1) is 39.6 Å². The van der Waals surface area contributed by atoms with Crippen molar-refractivity contribution in [3.8, 4) is 5.75 Å². The maximum absolute atomic E-state index is 13.5. The van der Waals surface area contributed by atoms with Crippen molar-refractivity contribution in [2.45, 2.75) is 70.6 Å². The fraction of sp³-hybridized carbons (Fsp3) is 0.311. The van der Waals surface area contributed by atoms with E-state index in [2.05, 4.69) is 0 Å². The lowest BCUT2D eigenvalue weighted by molar-refractivity contribution is -0.320. The Labute approximate surface area is 318 Å². The average Bonchev–Trinajstić information content (AvgIpc) is 3.22. The largest absolute Gasteiger partial charge is 0.497 e. The number of amides is 1. The molecule has 1 aliphatic heterocycles. The van der Waals surface area contributed by atoms with Gasteiger partial charge < -0.3 is 38.1 Å². The molecule has 9 heteroatoms. The zero-order valence-electron chi connectivity index (χ0n) is 30.9. The van der Waals surface area contributed by atoms with E-state index < -0.39 is 36.8 Å². The van der Waals surface area contributed by atoms with Gasteiger partial charge in [0.1, 0.15) is 30.7 Å². The lowest BCUT2D eigenvalue weighted by Crippen LogP contribution is -2.60. The van der Waals surface area contributed by atoms with Crippen LogP contribution in [0, 0.1) is 0 Å². The molecule has 1 fully saturated rings. The second-order valence-electron chi connectivity index (χ2n) is 13.2. The van der Waals surface area contributed by atoms with Gasteiger partial charge in [0, 0.05) is 13.1 Å². The van der Waals surface area contributed by atoms with Gasteiger partial charge in [-0.2, -0.15) is 0 Å². The standard InChI is InChI=1S/C45H49NO8/c1-34-41(50-30-36-17-9-4-10-18-36)42(51-32-39-23-25-40(48-2)26-24-39)43(52-31-37-19-11-5-12-20-37)44(54-34)49-28-27-46(29-35-15-7-3-8-16-35)45(47)53-33-38-21-13-6-14-22-38/h3-26,34,41-44H,27-33H2,1-2H3/t34-,41-,42+,43+,44+/m0/s1. The predicted molar refractivity (Wildman–Crippen MR) is 205 cm³/mol. The topological polar surface area (TPSA) is 84.9 Å². The summed E-state index contributed by atoms with van der Waals surface area (Å²) in [6.45, 7) is 3.90. The first-order valence-corrected chi connectivity index (χ1v) is 18.4. The molecule has 9 nitrogen and oxygen atoms in total. The zero-order valence-corrected chi connectivity index (χ0v) is 30.9. The molecule has 1 aliphatic rings. The molecule has 6 rings (SSSR count). The van der Waals surface area contributed by atoms with Crippen molar-refractivity contribution in [3.63, 3.8) is 0 Å². The predicted octanol–water partition coefficient (Wildman–Crippen LogP) is 8.35. The minimum atomic E-state index is -0.819. The van der Waals surface area contributed by atoms with Crippen molar-refractivity contribution >= 4 is 6.09 Å². The van der Waals surface area contributed by atoms with Crippen LogP contribution in [-0.4, -0.2) is 62.0 Å². The number of carbonyl (C=O) groups is 1. The van der Waals surface area contributed by atoms with Crippen molar-refractivity contribution in [1.29, 1.82) is 0 Å². The van der Waals surface area contributed by atoms with Gasteiger partial charge >= 0.3 is 6.09 Å². The Bertz CT molecular complexity index is 1790. The molecule has 1 amide bonds. The molecule has 0 saturated carbocycles. The molecule has 1 saturated heterocycles. The molecule has 0 unspecified atom stereocenters. The van der Waals surface area contributed by atoms with Crippen LogP contribution in [0.2, 0.25) is 0 Å². The molecule has 54 heavy (non-hydrogen) atoms. The Morgan fingerprint density at radius 1 is 0.556 bits per heavy atom. The van der Waals surface area contributed by atoms with E-state index in [1.165, 1.54) is 0 Å². The van der Waals surface area contributed by atoms with Gasteiger partial charge in [-0.3, -0.25) is 0 Å². The second kappa shape index (κ2) is 20.4. The fourth-order valence-corrected chi connectivity index (χ4v) is 6.28. The van der Waals surface area contributed by atoms with Crippen molar-refractivity contribution in [3.05, 3.63) is 173 Å². The van der Waals surface area contributed by atoms with Crippen LogP contribution in [0.3, 0.4) is 0 Å². The van der Waals surface area contributed by atoms with Crippen LogP contribution in [0.4, 0.5) is 4.79 Å². The summed E-state index contributed by atoms with van der Waals surface area (Å²) in [4.78, 5) is 15.1. The van der Waals surface area contributed by atoms with Crippen molar-refractivity contribution in [2.24, 2.45) is 0 Å². The van der Waals surface area contributed by atoms with E-state index in [-0.39, 0.29) is 19.8 Å². The third-order valence-electron chi connectivity index (χ3n) is 9.22. The highest BCUT2D eigenvalue weighted by molar-refractivity contribution is 5.67. The van der Waals surface area contributed by atoms with Crippen LogP contribution in [0.5, 0.6) is 5.75 Å². The van der Waals surface area contributed by atoms with Gasteiger partial charge in [0.15, 0.2) is 6.29 Å². The summed E-state index contributed by atoms with van der Waals surface area (Å²) in [5.41, 5.74) is 4.90. The van der Waals surface area contributed by atoms with Crippen LogP contribution in [0.15, 0.2) is 146 Å². The molecule has 0 radical (unpaired) electrons. The van der Waals surface area contributed by atoms with Gasteiger partial charge in [-0.25, -0.2) is 4.79 Å². The van der Waals surface area contributed by atoms with Gasteiger partial charge in [0.25, 0.3) is 0 Å². The number of methoxy groups -OCH3 is 1. The number of hydrogen-bond donors (Lipinski definition) is 0. The van der Waals surface area contributed by atoms with E-state index in [4.69, 9.17) is 33.2 Å². The third-order valence-corrected chi connectivity index (χ3v) is 9.22. The molecule has 1 heterocycles. The molecule has 0 N–H and O–H groups in total. The summed E-state index contributed by atoms with van der Waals surface area (Å²) in [5, 5.41) is 0. The molecule has 282 valence electrons. The van der Waals surface area contributed by atoms with Crippen molar-refractivity contribution < 1.29 is 38.0 Å². The lowest BCUT2D eigenvalue weighted by Gasteiger charge is -2.45. The number of hydrogen-bond acceptors (Lipinski definition) is 8. The Kier molecular flexibility index (Phi) is 14.6. The Morgan fingerprint density at radius 3 is 1.56 bits per heavy atom. The number of nitrogens with zero attached hydrogens (tertiary/aromatic N) is 1. The lowest BCUT2D eigenvalue weighted by atomic mass is 9.98. The van der Waals surface area contributed by atoms with Crippen LogP contribution in [0.25, 0.3) is 0 Å². The summed E-state index contributed by atoms with van der Waals surface area (Å²) in [6, 6.07) is 47.2. The number of ether oxygens (including phenoxy) is 7. The third kappa shape index (κ3) is 11.5. The molecular formula is C45H49NO8. The normalized spacial score (nSPS) is 19.6. The maximum Gasteiger partial charge on any atom is 0.410 e. The van der Waals surface area contributed by atoms with Crippen LogP contribution in [-0.2, 0) is 61.4 Å². The SMILES string of the molecule is COc1ccc(CO[C@@H]2[C@@H](OCc3ccccc3)[C@H](C)O[C@@H](OCCN(Cc3ccccc3)C(=O)OCc3ccccc3)[C@@H]2OCc2ccccc2)cc1. The van der Waals surface area contributed by atoms with Crippen molar-refractivity contribution in [2.75, 3.05) is 20.3 Å². The molecule has 5 aromatic rings. The molecule has 5 aromatic carbocycles. The van der Waals surface area contributed by atoms with Crippen LogP contribution in [0.1, 0.15) is 34.7 Å². The molecule has 0 spiro atoms. The highest BCUT2D eigenvalue weighted by Gasteiger charge is 2.47. The average molecular weight is 732 g/mol. The number of benzene rings is 5. The zero-order chi connectivity index (χ0) is 37.4.